The van der Waals surface area contributed by atoms with Gasteiger partial charge in [-0.05, 0) is 11.4 Å². The molecule has 0 aliphatic heterocycles. The van der Waals surface area contributed by atoms with E-state index in [-0.39, 0.29) is 11.3 Å². The molecule has 0 aromatic carbocycles. The van der Waals surface area contributed by atoms with E-state index in [1.165, 1.54) is 0 Å². The lowest BCUT2D eigenvalue weighted by Crippen LogP contribution is -2.14. The fraction of sp³-hybridized carbons (Fsp3) is 0.385. The quantitative estimate of drug-likeness (QED) is 0.894. The Morgan fingerprint density at radius 2 is 2.28 bits per heavy atom. The summed E-state index contributed by atoms with van der Waals surface area (Å²) in [5, 5.41) is 11.8. The Balaban J connectivity index is 1.97. The van der Waals surface area contributed by atoms with Gasteiger partial charge in [-0.15, -0.1) is 11.3 Å². The average molecular weight is 263 g/mol. The minimum Gasteiger partial charge on any atom is -0.309 e. The fourth-order valence-electron chi connectivity index (χ4n) is 1.53. The van der Waals surface area contributed by atoms with Crippen molar-refractivity contribution in [2.45, 2.75) is 32.6 Å². The Bertz CT molecular complexity index is 523. The number of aromatic amines is 1. The van der Waals surface area contributed by atoms with E-state index < -0.39 is 0 Å². The second-order valence-corrected chi connectivity index (χ2v) is 6.25. The number of nitrogens with zero attached hydrogens (tertiary/aromatic N) is 1. The van der Waals surface area contributed by atoms with Crippen LogP contribution in [0.5, 0.6) is 0 Å². The molecule has 0 bridgehead atoms. The summed E-state index contributed by atoms with van der Waals surface area (Å²) in [6.45, 7) is 6.29. The molecule has 4 nitrogen and oxygen atoms in total. The highest BCUT2D eigenvalue weighted by atomic mass is 32.1. The summed E-state index contributed by atoms with van der Waals surface area (Å²) in [6.07, 6.45) is 0.398. The zero-order chi connectivity index (χ0) is 13.2. The number of nitrogens with one attached hydrogen (secondary N) is 2. The minimum atomic E-state index is -0.0376. The van der Waals surface area contributed by atoms with Crippen LogP contribution in [0.4, 0.5) is 5.82 Å². The third-order valence-corrected chi connectivity index (χ3v) is 3.44. The van der Waals surface area contributed by atoms with E-state index in [1.54, 1.807) is 11.3 Å². The highest BCUT2D eigenvalue weighted by Crippen LogP contribution is 2.22. The van der Waals surface area contributed by atoms with E-state index in [2.05, 4.69) is 36.3 Å². The second kappa shape index (κ2) is 4.94. The summed E-state index contributed by atoms with van der Waals surface area (Å²) in [4.78, 5) is 12.8. The molecule has 0 atom stereocenters. The van der Waals surface area contributed by atoms with Crippen LogP contribution in [0.3, 0.4) is 0 Å². The SMILES string of the molecule is CC(C)(C)c1cc(NC(=O)Cc2cccs2)n[nH]1. The Kier molecular flexibility index (Phi) is 3.52. The van der Waals surface area contributed by atoms with Gasteiger partial charge in [-0.25, -0.2) is 0 Å². The first-order valence-electron chi connectivity index (χ1n) is 5.83. The number of thiophene rings is 1. The van der Waals surface area contributed by atoms with Crippen LogP contribution in [0.2, 0.25) is 0 Å². The van der Waals surface area contributed by atoms with Gasteiger partial charge in [0.25, 0.3) is 0 Å². The molecule has 1 amide bonds. The molecular weight excluding hydrogens is 246 g/mol. The number of carbonyl (C=O) groups excluding carboxylic acids is 1. The molecule has 5 heteroatoms. The summed E-state index contributed by atoms with van der Waals surface area (Å²) in [7, 11) is 0. The van der Waals surface area contributed by atoms with Gasteiger partial charge in [0.05, 0.1) is 6.42 Å². The molecule has 2 rings (SSSR count). The predicted octanol–water partition coefficient (Wildman–Crippen LogP) is 2.95. The van der Waals surface area contributed by atoms with Gasteiger partial charge >= 0.3 is 0 Å². The molecule has 2 heterocycles. The van der Waals surface area contributed by atoms with Crippen LogP contribution in [-0.4, -0.2) is 16.1 Å². The number of aromatic nitrogens is 2. The van der Waals surface area contributed by atoms with Gasteiger partial charge in [0.1, 0.15) is 0 Å². The van der Waals surface area contributed by atoms with E-state index in [1.807, 2.05) is 23.6 Å². The van der Waals surface area contributed by atoms with Crippen LogP contribution in [0.15, 0.2) is 23.6 Å². The molecule has 0 fully saturated rings. The molecule has 0 aliphatic carbocycles. The summed E-state index contributed by atoms with van der Waals surface area (Å²) >= 11 is 1.58. The van der Waals surface area contributed by atoms with E-state index in [9.17, 15) is 4.79 Å². The smallest absolute Gasteiger partial charge is 0.230 e. The summed E-state index contributed by atoms with van der Waals surface area (Å²) in [6, 6.07) is 5.78. The van der Waals surface area contributed by atoms with Crippen LogP contribution >= 0.6 is 11.3 Å². The summed E-state index contributed by atoms with van der Waals surface area (Å²) in [5.41, 5.74) is 1.01. The summed E-state index contributed by atoms with van der Waals surface area (Å²) < 4.78 is 0. The Labute approximate surface area is 110 Å². The molecule has 2 aromatic rings. The molecule has 0 aliphatic rings. The predicted molar refractivity (Wildman–Crippen MR) is 73.9 cm³/mol. The van der Waals surface area contributed by atoms with Gasteiger partial charge in [0.15, 0.2) is 5.82 Å². The highest BCUT2D eigenvalue weighted by Gasteiger charge is 2.17. The van der Waals surface area contributed by atoms with Crippen molar-refractivity contribution in [2.75, 3.05) is 5.32 Å². The average Bonchev–Trinajstić information content (AvgIpc) is 2.87. The number of hydrogen-bond acceptors (Lipinski definition) is 3. The van der Waals surface area contributed by atoms with Crippen molar-refractivity contribution in [3.63, 3.8) is 0 Å². The highest BCUT2D eigenvalue weighted by molar-refractivity contribution is 7.10. The van der Waals surface area contributed by atoms with Gasteiger partial charge in [-0.2, -0.15) is 5.10 Å². The van der Waals surface area contributed by atoms with Gasteiger partial charge in [0.2, 0.25) is 5.91 Å². The van der Waals surface area contributed by atoms with Gasteiger partial charge in [-0.1, -0.05) is 26.8 Å². The topological polar surface area (TPSA) is 57.8 Å². The van der Waals surface area contributed by atoms with Gasteiger partial charge in [0, 0.05) is 22.1 Å². The van der Waals surface area contributed by atoms with Crippen LogP contribution in [0, 0.1) is 0 Å². The third-order valence-electron chi connectivity index (χ3n) is 2.57. The van der Waals surface area contributed by atoms with E-state index in [0.29, 0.717) is 12.2 Å². The molecule has 0 saturated heterocycles. The molecule has 0 unspecified atom stereocenters. The molecule has 2 N–H and O–H groups in total. The van der Waals surface area contributed by atoms with Crippen LogP contribution in [-0.2, 0) is 16.6 Å². The van der Waals surface area contributed by atoms with Crippen molar-refractivity contribution >= 4 is 23.1 Å². The number of H-pyrrole nitrogens is 1. The maximum Gasteiger partial charge on any atom is 0.230 e. The maximum absolute atomic E-state index is 11.8. The van der Waals surface area contributed by atoms with Crippen molar-refractivity contribution in [1.82, 2.24) is 10.2 Å². The molecule has 96 valence electrons. The van der Waals surface area contributed by atoms with Crippen molar-refractivity contribution < 1.29 is 4.79 Å². The molecule has 2 aromatic heterocycles. The standard InChI is InChI=1S/C13H17N3OS/c1-13(2,3)10-8-11(16-15-10)14-12(17)7-9-5-4-6-18-9/h4-6,8H,7H2,1-3H3,(H2,14,15,16,17). The van der Waals surface area contributed by atoms with Crippen molar-refractivity contribution in [2.24, 2.45) is 0 Å². The third kappa shape index (κ3) is 3.20. The van der Waals surface area contributed by atoms with Crippen LogP contribution < -0.4 is 5.32 Å². The molecule has 18 heavy (non-hydrogen) atoms. The number of amides is 1. The zero-order valence-electron chi connectivity index (χ0n) is 10.8. The number of rotatable bonds is 3. The lowest BCUT2D eigenvalue weighted by atomic mass is 9.92. The largest absolute Gasteiger partial charge is 0.309 e. The molecule has 0 radical (unpaired) electrons. The van der Waals surface area contributed by atoms with Gasteiger partial charge in [-0.3, -0.25) is 9.89 Å². The van der Waals surface area contributed by atoms with Crippen molar-refractivity contribution in [3.05, 3.63) is 34.2 Å². The molecule has 0 spiro atoms. The normalized spacial score (nSPS) is 11.5. The second-order valence-electron chi connectivity index (χ2n) is 5.22. The lowest BCUT2D eigenvalue weighted by molar-refractivity contribution is -0.115. The molecular formula is C13H17N3OS. The first kappa shape index (κ1) is 12.8. The Hall–Kier alpha value is -1.62. The first-order chi connectivity index (χ1) is 8.45. The van der Waals surface area contributed by atoms with Gasteiger partial charge < -0.3 is 5.32 Å². The lowest BCUT2D eigenvalue weighted by Gasteiger charge is -2.14. The zero-order valence-corrected chi connectivity index (χ0v) is 11.6. The van der Waals surface area contributed by atoms with E-state index >= 15 is 0 Å². The fourth-order valence-corrected chi connectivity index (χ4v) is 2.23. The van der Waals surface area contributed by atoms with Crippen molar-refractivity contribution in [1.29, 1.82) is 0 Å². The number of hydrogen-bond donors (Lipinski definition) is 2. The summed E-state index contributed by atoms with van der Waals surface area (Å²) in [5.74, 6) is 0.547. The Morgan fingerprint density at radius 3 is 2.83 bits per heavy atom. The van der Waals surface area contributed by atoms with Crippen LogP contribution in [0.1, 0.15) is 31.3 Å². The number of anilines is 1. The van der Waals surface area contributed by atoms with E-state index in [0.717, 1.165) is 10.6 Å². The minimum absolute atomic E-state index is 0.00370. The van der Waals surface area contributed by atoms with E-state index in [4.69, 9.17) is 0 Å². The monoisotopic (exact) mass is 263 g/mol. The maximum atomic E-state index is 11.8. The Morgan fingerprint density at radius 1 is 1.50 bits per heavy atom. The van der Waals surface area contributed by atoms with Crippen molar-refractivity contribution in [3.8, 4) is 0 Å². The van der Waals surface area contributed by atoms with Crippen LogP contribution in [0.25, 0.3) is 0 Å². The first-order valence-corrected chi connectivity index (χ1v) is 6.71. The molecule has 0 saturated carbocycles. The number of carbonyl (C=O) groups is 1.